The maximum Gasteiger partial charge on any atom is 0.270 e. The maximum absolute atomic E-state index is 12.1. The molecule has 0 fully saturated rings. The summed E-state index contributed by atoms with van der Waals surface area (Å²) in [7, 11) is 0. The minimum absolute atomic E-state index is 0.0311. The van der Waals surface area contributed by atoms with E-state index in [4.69, 9.17) is 12.2 Å². The van der Waals surface area contributed by atoms with Crippen molar-refractivity contribution in [3.63, 3.8) is 0 Å². The van der Waals surface area contributed by atoms with E-state index < -0.39 is 10.8 Å². The Kier molecular flexibility index (Phi) is 7.19. The molecule has 0 spiro atoms. The Morgan fingerprint density at radius 3 is 2.70 bits per heavy atom. The molecular weight excluding hydrogens is 362 g/mol. The van der Waals surface area contributed by atoms with Gasteiger partial charge in [-0.2, -0.15) is 0 Å². The first-order valence-electron chi connectivity index (χ1n) is 8.54. The Balaban J connectivity index is 1.99. The summed E-state index contributed by atoms with van der Waals surface area (Å²) in [6, 6.07) is 13.8. The van der Waals surface area contributed by atoms with Gasteiger partial charge in [0.15, 0.2) is 5.11 Å². The van der Waals surface area contributed by atoms with Crippen molar-refractivity contribution < 1.29 is 9.72 Å². The van der Waals surface area contributed by atoms with Crippen LogP contribution in [0.4, 0.5) is 11.4 Å². The summed E-state index contributed by atoms with van der Waals surface area (Å²) in [4.78, 5) is 22.4. The number of carbonyl (C=O) groups is 1. The number of hydrogen-bond donors (Lipinski definition) is 2. The maximum atomic E-state index is 12.1. The van der Waals surface area contributed by atoms with E-state index in [0.717, 1.165) is 17.7 Å². The number of hydrogen-bond acceptors (Lipinski definition) is 4. The highest BCUT2D eigenvalue weighted by atomic mass is 32.1. The molecule has 7 heteroatoms. The number of nitrogens with one attached hydrogen (secondary N) is 2. The van der Waals surface area contributed by atoms with Gasteiger partial charge in [-0.1, -0.05) is 44.2 Å². The molecule has 2 N–H and O–H groups in total. The molecule has 27 heavy (non-hydrogen) atoms. The van der Waals surface area contributed by atoms with E-state index in [0.29, 0.717) is 11.5 Å². The number of nitro groups is 1. The van der Waals surface area contributed by atoms with Gasteiger partial charge in [0.2, 0.25) is 5.91 Å². The minimum atomic E-state index is -0.481. The number of benzene rings is 2. The molecule has 0 aliphatic carbocycles. The molecule has 0 aromatic heterocycles. The first kappa shape index (κ1) is 20.3. The number of non-ortho nitro benzene ring substituents is 1. The summed E-state index contributed by atoms with van der Waals surface area (Å²) in [5.41, 5.74) is 2.51. The number of para-hydroxylation sites is 1. The van der Waals surface area contributed by atoms with Crippen molar-refractivity contribution >= 4 is 40.7 Å². The first-order chi connectivity index (χ1) is 12.9. The highest BCUT2D eigenvalue weighted by Crippen LogP contribution is 2.26. The molecular formula is C20H21N3O3S. The second-order valence-electron chi connectivity index (χ2n) is 6.03. The zero-order valence-electron chi connectivity index (χ0n) is 15.1. The third-order valence-corrected chi connectivity index (χ3v) is 4.30. The van der Waals surface area contributed by atoms with Crippen LogP contribution in [0, 0.1) is 10.1 Å². The molecule has 0 unspecified atom stereocenters. The van der Waals surface area contributed by atoms with Crippen molar-refractivity contribution in [3.05, 3.63) is 75.8 Å². The first-order valence-corrected chi connectivity index (χ1v) is 8.95. The Hall–Kier alpha value is -3.06. The van der Waals surface area contributed by atoms with Gasteiger partial charge >= 0.3 is 0 Å². The van der Waals surface area contributed by atoms with Crippen molar-refractivity contribution in [1.82, 2.24) is 5.32 Å². The number of anilines is 1. The predicted molar refractivity (Wildman–Crippen MR) is 112 cm³/mol. The van der Waals surface area contributed by atoms with E-state index in [-0.39, 0.29) is 10.8 Å². The van der Waals surface area contributed by atoms with Crippen LogP contribution in [-0.4, -0.2) is 15.9 Å². The zero-order valence-corrected chi connectivity index (χ0v) is 16.0. The summed E-state index contributed by atoms with van der Waals surface area (Å²) in [5, 5.41) is 16.6. The SMILES string of the molecule is CC[C@H](C)c1ccccc1NC(=S)NC(=O)/C=C/c1cccc([N+](=O)[O-])c1. The van der Waals surface area contributed by atoms with Gasteiger partial charge in [-0.15, -0.1) is 0 Å². The lowest BCUT2D eigenvalue weighted by Crippen LogP contribution is -2.33. The van der Waals surface area contributed by atoms with E-state index in [1.165, 1.54) is 24.3 Å². The molecule has 6 nitrogen and oxygen atoms in total. The number of rotatable bonds is 6. The fourth-order valence-electron chi connectivity index (χ4n) is 2.48. The number of thiocarbonyl (C=S) groups is 1. The van der Waals surface area contributed by atoms with E-state index >= 15 is 0 Å². The summed E-state index contributed by atoms with van der Waals surface area (Å²) < 4.78 is 0. The molecule has 2 aromatic rings. The van der Waals surface area contributed by atoms with Crippen LogP contribution in [0.1, 0.15) is 37.3 Å². The average Bonchev–Trinajstić information content (AvgIpc) is 2.66. The monoisotopic (exact) mass is 383 g/mol. The number of nitrogens with zero attached hydrogens (tertiary/aromatic N) is 1. The quantitative estimate of drug-likeness (QED) is 0.329. The van der Waals surface area contributed by atoms with Gasteiger partial charge in [-0.05, 0) is 47.8 Å². The molecule has 0 heterocycles. The second kappa shape index (κ2) is 9.59. The highest BCUT2D eigenvalue weighted by molar-refractivity contribution is 7.80. The highest BCUT2D eigenvalue weighted by Gasteiger charge is 2.10. The second-order valence-corrected chi connectivity index (χ2v) is 6.43. The fraction of sp³-hybridized carbons (Fsp3) is 0.200. The topological polar surface area (TPSA) is 84.3 Å². The van der Waals surface area contributed by atoms with Crippen LogP contribution in [-0.2, 0) is 4.79 Å². The summed E-state index contributed by atoms with van der Waals surface area (Å²) >= 11 is 5.21. The van der Waals surface area contributed by atoms with Gasteiger partial charge in [-0.3, -0.25) is 20.2 Å². The average molecular weight is 383 g/mol. The smallest absolute Gasteiger partial charge is 0.270 e. The predicted octanol–water partition coefficient (Wildman–Crippen LogP) is 4.63. The van der Waals surface area contributed by atoms with Crippen LogP contribution < -0.4 is 10.6 Å². The van der Waals surface area contributed by atoms with Crippen LogP contribution in [0.5, 0.6) is 0 Å². The van der Waals surface area contributed by atoms with Crippen molar-refractivity contribution in [2.75, 3.05) is 5.32 Å². The molecule has 0 saturated carbocycles. The molecule has 0 bridgehead atoms. The summed E-state index contributed by atoms with van der Waals surface area (Å²) in [6.45, 7) is 4.24. The molecule has 0 aliphatic rings. The molecule has 140 valence electrons. The molecule has 2 rings (SSSR count). The number of carbonyl (C=O) groups excluding carboxylic acids is 1. The molecule has 0 saturated heterocycles. The third kappa shape index (κ3) is 6.00. The van der Waals surface area contributed by atoms with Crippen LogP contribution in [0.2, 0.25) is 0 Å². The van der Waals surface area contributed by atoms with Crippen molar-refractivity contribution in [2.24, 2.45) is 0 Å². The van der Waals surface area contributed by atoms with Gasteiger partial charge < -0.3 is 5.32 Å². The minimum Gasteiger partial charge on any atom is -0.332 e. The standard InChI is InChI=1S/C20H21N3O3S/c1-3-14(2)17-9-4-5-10-18(17)21-20(27)22-19(24)12-11-15-7-6-8-16(13-15)23(25)26/h4-14H,3H2,1-2H3,(H2,21,22,24,27)/b12-11+/t14-/m0/s1. The lowest BCUT2D eigenvalue weighted by atomic mass is 9.97. The molecule has 1 amide bonds. The zero-order chi connectivity index (χ0) is 19.8. The van der Waals surface area contributed by atoms with Crippen LogP contribution in [0.25, 0.3) is 6.08 Å². The molecule has 2 aromatic carbocycles. The van der Waals surface area contributed by atoms with Gasteiger partial charge in [0.05, 0.1) is 4.92 Å². The Labute approximate surface area is 163 Å². The van der Waals surface area contributed by atoms with Crippen molar-refractivity contribution in [1.29, 1.82) is 0 Å². The van der Waals surface area contributed by atoms with Crippen LogP contribution in [0.15, 0.2) is 54.6 Å². The molecule has 1 atom stereocenters. The normalized spacial score (nSPS) is 11.8. The lowest BCUT2D eigenvalue weighted by molar-refractivity contribution is -0.384. The number of amides is 1. The van der Waals surface area contributed by atoms with E-state index in [1.807, 2.05) is 24.3 Å². The van der Waals surface area contributed by atoms with Gasteiger partial charge in [0, 0.05) is 23.9 Å². The van der Waals surface area contributed by atoms with Gasteiger partial charge in [0.25, 0.3) is 5.69 Å². The Morgan fingerprint density at radius 2 is 2.00 bits per heavy atom. The van der Waals surface area contributed by atoms with E-state index in [1.54, 1.807) is 12.1 Å². The third-order valence-electron chi connectivity index (χ3n) is 4.10. The largest absolute Gasteiger partial charge is 0.332 e. The van der Waals surface area contributed by atoms with Gasteiger partial charge in [-0.25, -0.2) is 0 Å². The van der Waals surface area contributed by atoms with E-state index in [2.05, 4.69) is 24.5 Å². The van der Waals surface area contributed by atoms with Crippen LogP contribution in [0.3, 0.4) is 0 Å². The van der Waals surface area contributed by atoms with Crippen molar-refractivity contribution in [2.45, 2.75) is 26.2 Å². The van der Waals surface area contributed by atoms with Gasteiger partial charge in [0.1, 0.15) is 0 Å². The molecule has 0 radical (unpaired) electrons. The fourth-order valence-corrected chi connectivity index (χ4v) is 2.69. The summed E-state index contributed by atoms with van der Waals surface area (Å²) in [5.74, 6) is -0.0546. The number of nitro benzene ring substituents is 1. The van der Waals surface area contributed by atoms with E-state index in [9.17, 15) is 14.9 Å². The Bertz CT molecular complexity index is 880. The van der Waals surface area contributed by atoms with Crippen LogP contribution >= 0.6 is 12.2 Å². The molecule has 0 aliphatic heterocycles. The Morgan fingerprint density at radius 1 is 1.26 bits per heavy atom. The summed E-state index contributed by atoms with van der Waals surface area (Å²) in [6.07, 6.45) is 3.77. The van der Waals surface area contributed by atoms with Crippen molar-refractivity contribution in [3.8, 4) is 0 Å². The lowest BCUT2D eigenvalue weighted by Gasteiger charge is -2.16.